The van der Waals surface area contributed by atoms with E-state index in [0.717, 1.165) is 0 Å². The van der Waals surface area contributed by atoms with Gasteiger partial charge in [-0.1, -0.05) is 13.8 Å². The van der Waals surface area contributed by atoms with Crippen LogP contribution >= 0.6 is 0 Å². The average Bonchev–Trinajstić information content (AvgIpc) is 3.08. The van der Waals surface area contributed by atoms with Crippen LogP contribution < -0.4 is 10.9 Å². The van der Waals surface area contributed by atoms with Crippen LogP contribution in [0.1, 0.15) is 20.1 Å². The Kier molecular flexibility index (Phi) is 4.73. The Hall–Kier alpha value is -2.08. The molecule has 11 heteroatoms. The van der Waals surface area contributed by atoms with Gasteiger partial charge in [-0.05, 0) is 5.92 Å². The van der Waals surface area contributed by atoms with Gasteiger partial charge in [-0.25, -0.2) is 9.37 Å². The summed E-state index contributed by atoms with van der Waals surface area (Å²) in [5.74, 6) is 0.524. The highest BCUT2D eigenvalue weighted by molar-refractivity contribution is 5.70. The summed E-state index contributed by atoms with van der Waals surface area (Å²) in [5, 5.41) is 31.9. The van der Waals surface area contributed by atoms with Gasteiger partial charge in [0.2, 0.25) is 12.3 Å². The molecule has 1 fully saturated rings. The van der Waals surface area contributed by atoms with Gasteiger partial charge in [-0.15, -0.1) is 0 Å². The SMILES string of the molecule is CC(C)CNc1nc2c(ncn2[C@@H]2O[C@H](C(O)F)[C@@H](O)[C@H]2O)c(=O)[nH]1. The van der Waals surface area contributed by atoms with Crippen LogP contribution in [0.25, 0.3) is 11.2 Å². The third-order valence-electron chi connectivity index (χ3n) is 3.93. The average molecular weight is 357 g/mol. The number of ether oxygens (including phenoxy) is 1. The number of halogens is 1. The van der Waals surface area contributed by atoms with Crippen LogP contribution in [-0.4, -0.2) is 66.1 Å². The Balaban J connectivity index is 1.98. The van der Waals surface area contributed by atoms with E-state index in [0.29, 0.717) is 12.5 Å². The van der Waals surface area contributed by atoms with E-state index in [-0.39, 0.29) is 17.1 Å². The highest BCUT2D eigenvalue weighted by Crippen LogP contribution is 2.32. The first-order valence-corrected chi connectivity index (χ1v) is 7.84. The lowest BCUT2D eigenvalue weighted by Crippen LogP contribution is -2.36. The summed E-state index contributed by atoms with van der Waals surface area (Å²) in [4.78, 5) is 22.9. The maximum atomic E-state index is 13.1. The van der Waals surface area contributed by atoms with Crippen molar-refractivity contribution in [2.24, 2.45) is 5.92 Å². The van der Waals surface area contributed by atoms with E-state index in [1.807, 2.05) is 13.8 Å². The zero-order valence-electron chi connectivity index (χ0n) is 13.6. The number of rotatable bonds is 5. The lowest BCUT2D eigenvalue weighted by atomic mass is 10.1. The van der Waals surface area contributed by atoms with Crippen molar-refractivity contribution in [2.75, 3.05) is 11.9 Å². The third kappa shape index (κ3) is 3.23. The zero-order valence-corrected chi connectivity index (χ0v) is 13.6. The molecular formula is C14H20FN5O5. The van der Waals surface area contributed by atoms with Crippen molar-refractivity contribution >= 4 is 17.1 Å². The molecule has 0 aliphatic carbocycles. The number of aromatic amines is 1. The molecule has 0 aromatic carbocycles. The second-order valence-corrected chi connectivity index (χ2v) is 6.36. The maximum absolute atomic E-state index is 13.1. The van der Waals surface area contributed by atoms with Gasteiger partial charge in [-0.2, -0.15) is 4.98 Å². The van der Waals surface area contributed by atoms with Gasteiger partial charge >= 0.3 is 0 Å². The number of anilines is 1. The lowest BCUT2D eigenvalue weighted by molar-refractivity contribution is -0.130. The number of H-pyrrole nitrogens is 1. The number of aromatic nitrogens is 4. The lowest BCUT2D eigenvalue weighted by Gasteiger charge is -2.17. The second-order valence-electron chi connectivity index (χ2n) is 6.36. The summed E-state index contributed by atoms with van der Waals surface area (Å²) in [6.45, 7) is 4.54. The fourth-order valence-electron chi connectivity index (χ4n) is 2.64. The molecule has 1 saturated heterocycles. The Morgan fingerprint density at radius 2 is 2.16 bits per heavy atom. The van der Waals surface area contributed by atoms with Gasteiger partial charge in [-0.3, -0.25) is 14.3 Å². The Morgan fingerprint density at radius 1 is 1.44 bits per heavy atom. The van der Waals surface area contributed by atoms with Crippen molar-refractivity contribution in [3.8, 4) is 0 Å². The quantitative estimate of drug-likeness (QED) is 0.463. The molecule has 3 heterocycles. The Bertz CT molecular complexity index is 806. The number of aliphatic hydroxyl groups excluding tert-OH is 3. The Morgan fingerprint density at radius 3 is 2.76 bits per heavy atom. The van der Waals surface area contributed by atoms with Gasteiger partial charge in [0, 0.05) is 6.54 Å². The molecule has 138 valence electrons. The monoisotopic (exact) mass is 357 g/mol. The summed E-state index contributed by atoms with van der Waals surface area (Å²) in [5.41, 5.74) is -0.394. The number of nitrogens with zero attached hydrogens (tertiary/aromatic N) is 3. The van der Waals surface area contributed by atoms with Gasteiger partial charge in [0.05, 0.1) is 6.33 Å². The minimum Gasteiger partial charge on any atom is -0.387 e. The molecule has 1 aliphatic rings. The number of fused-ring (bicyclic) bond motifs is 1. The first kappa shape index (κ1) is 17.7. The standard InChI is InChI=1S/C14H20FN5O5/c1-5(2)3-16-14-18-11-6(12(24)19-14)17-4-20(11)13-8(22)7(21)9(25-13)10(15)23/h4-5,7-10,13,21-23H,3H2,1-2H3,(H2,16,18,19,24)/t7-,8+,9-,10?,13+/m0/s1. The second kappa shape index (κ2) is 6.67. The van der Waals surface area contributed by atoms with Crippen LogP contribution in [0.5, 0.6) is 0 Å². The van der Waals surface area contributed by atoms with Crippen molar-refractivity contribution in [1.82, 2.24) is 19.5 Å². The molecule has 1 unspecified atom stereocenters. The molecule has 0 amide bonds. The van der Waals surface area contributed by atoms with Crippen LogP contribution in [0, 0.1) is 5.92 Å². The van der Waals surface area contributed by atoms with E-state index in [2.05, 4.69) is 20.3 Å². The molecule has 0 bridgehead atoms. The van der Waals surface area contributed by atoms with Crippen molar-refractivity contribution in [3.05, 3.63) is 16.7 Å². The number of imidazole rings is 1. The van der Waals surface area contributed by atoms with E-state index < -0.39 is 36.5 Å². The summed E-state index contributed by atoms with van der Waals surface area (Å²) in [6.07, 6.45) is -7.29. The fourth-order valence-corrected chi connectivity index (χ4v) is 2.64. The number of hydrogen-bond acceptors (Lipinski definition) is 8. The highest BCUT2D eigenvalue weighted by atomic mass is 19.1. The van der Waals surface area contributed by atoms with Crippen LogP contribution in [0.3, 0.4) is 0 Å². The number of aliphatic hydroxyl groups is 3. The summed E-state index contributed by atoms with van der Waals surface area (Å²) in [7, 11) is 0. The van der Waals surface area contributed by atoms with Crippen LogP contribution in [0.2, 0.25) is 0 Å². The van der Waals surface area contributed by atoms with E-state index >= 15 is 0 Å². The summed E-state index contributed by atoms with van der Waals surface area (Å²) in [6, 6.07) is 0. The van der Waals surface area contributed by atoms with Gasteiger partial charge in [0.1, 0.15) is 18.3 Å². The molecule has 0 saturated carbocycles. The van der Waals surface area contributed by atoms with Crippen LogP contribution in [-0.2, 0) is 4.74 Å². The summed E-state index contributed by atoms with van der Waals surface area (Å²) < 4.78 is 19.5. The molecule has 0 spiro atoms. The minimum absolute atomic E-state index is 0.00429. The normalized spacial score (nSPS) is 28.0. The van der Waals surface area contributed by atoms with Gasteiger partial charge in [0.15, 0.2) is 17.4 Å². The van der Waals surface area contributed by atoms with E-state index in [1.54, 1.807) is 0 Å². The molecule has 25 heavy (non-hydrogen) atoms. The topological polar surface area (TPSA) is 146 Å². The van der Waals surface area contributed by atoms with Gasteiger partial charge < -0.3 is 25.4 Å². The van der Waals surface area contributed by atoms with E-state index in [9.17, 15) is 19.4 Å². The molecule has 10 nitrogen and oxygen atoms in total. The molecule has 5 atom stereocenters. The smallest absolute Gasteiger partial charge is 0.280 e. The molecule has 2 aromatic heterocycles. The van der Waals surface area contributed by atoms with Crippen molar-refractivity contribution in [2.45, 2.75) is 44.7 Å². The fraction of sp³-hybridized carbons (Fsp3) is 0.643. The van der Waals surface area contributed by atoms with Crippen LogP contribution in [0.4, 0.5) is 10.3 Å². The van der Waals surface area contributed by atoms with E-state index in [4.69, 9.17) is 9.84 Å². The molecule has 5 N–H and O–H groups in total. The zero-order chi connectivity index (χ0) is 18.3. The number of nitrogens with one attached hydrogen (secondary N) is 2. The molecule has 0 radical (unpaired) electrons. The van der Waals surface area contributed by atoms with Crippen molar-refractivity contribution in [3.63, 3.8) is 0 Å². The predicted octanol–water partition coefficient (Wildman–Crippen LogP) is -0.905. The molecular weight excluding hydrogens is 337 g/mol. The van der Waals surface area contributed by atoms with Crippen molar-refractivity contribution in [1.29, 1.82) is 0 Å². The highest BCUT2D eigenvalue weighted by Gasteiger charge is 2.47. The minimum atomic E-state index is -2.47. The largest absolute Gasteiger partial charge is 0.387 e. The third-order valence-corrected chi connectivity index (χ3v) is 3.93. The molecule has 3 rings (SSSR count). The van der Waals surface area contributed by atoms with Gasteiger partial charge in [0.25, 0.3) is 5.56 Å². The first-order valence-electron chi connectivity index (χ1n) is 7.84. The van der Waals surface area contributed by atoms with Crippen LogP contribution in [0.15, 0.2) is 11.1 Å². The molecule has 2 aromatic rings. The van der Waals surface area contributed by atoms with Crippen molar-refractivity contribution < 1.29 is 24.4 Å². The molecule has 1 aliphatic heterocycles. The summed E-state index contributed by atoms with van der Waals surface area (Å²) >= 11 is 0. The first-order chi connectivity index (χ1) is 11.8. The van der Waals surface area contributed by atoms with E-state index in [1.165, 1.54) is 10.9 Å². The Labute approximate surface area is 141 Å². The number of alkyl halides is 1. The number of hydrogen-bond donors (Lipinski definition) is 5. The maximum Gasteiger partial charge on any atom is 0.280 e. The predicted molar refractivity (Wildman–Crippen MR) is 84.5 cm³/mol.